The smallest absolute Gasteiger partial charge is 0.203 e. The van der Waals surface area contributed by atoms with Crippen molar-refractivity contribution in [2.75, 3.05) is 11.9 Å². The number of anilines is 1. The lowest BCUT2D eigenvalue weighted by Crippen LogP contribution is -2.08. The molecule has 0 aliphatic carbocycles. The average Bonchev–Trinajstić information content (AvgIpc) is 3.05. The number of benzene rings is 2. The number of aromatic nitrogens is 4. The normalized spacial score (nSPS) is 11.2. The highest BCUT2D eigenvalue weighted by Gasteiger charge is 2.09. The minimum Gasteiger partial charge on any atom is -0.367 e. The SMILES string of the molecule is Cc1cccc(CCNc2nc3ccccc3n3cnnc23)c1. The molecule has 0 spiro atoms. The van der Waals surface area contributed by atoms with E-state index in [9.17, 15) is 0 Å². The van der Waals surface area contributed by atoms with E-state index in [0.717, 1.165) is 35.5 Å². The summed E-state index contributed by atoms with van der Waals surface area (Å²) in [6.45, 7) is 2.92. The molecule has 114 valence electrons. The summed E-state index contributed by atoms with van der Waals surface area (Å²) in [6.07, 6.45) is 2.67. The van der Waals surface area contributed by atoms with Crippen LogP contribution in [-0.2, 0) is 6.42 Å². The Morgan fingerprint density at radius 3 is 2.91 bits per heavy atom. The number of para-hydroxylation sites is 2. The number of hydrogen-bond donors (Lipinski definition) is 1. The summed E-state index contributed by atoms with van der Waals surface area (Å²) in [7, 11) is 0. The van der Waals surface area contributed by atoms with Crippen LogP contribution in [0.25, 0.3) is 16.7 Å². The average molecular weight is 303 g/mol. The summed E-state index contributed by atoms with van der Waals surface area (Å²) < 4.78 is 1.97. The number of nitrogens with one attached hydrogen (secondary N) is 1. The van der Waals surface area contributed by atoms with Gasteiger partial charge in [-0.3, -0.25) is 4.40 Å². The molecule has 1 N–H and O–H groups in total. The summed E-state index contributed by atoms with van der Waals surface area (Å²) in [6, 6.07) is 16.6. The molecule has 0 radical (unpaired) electrons. The van der Waals surface area contributed by atoms with Gasteiger partial charge in [0.05, 0.1) is 11.0 Å². The first kappa shape index (κ1) is 13.7. The van der Waals surface area contributed by atoms with Crippen LogP contribution in [0.4, 0.5) is 5.82 Å². The molecule has 4 aromatic rings. The van der Waals surface area contributed by atoms with Gasteiger partial charge < -0.3 is 5.32 Å². The molecular weight excluding hydrogens is 286 g/mol. The highest BCUT2D eigenvalue weighted by Crippen LogP contribution is 2.19. The Bertz CT molecular complexity index is 973. The van der Waals surface area contributed by atoms with Crippen LogP contribution in [0.3, 0.4) is 0 Å². The van der Waals surface area contributed by atoms with E-state index in [2.05, 4.69) is 51.7 Å². The van der Waals surface area contributed by atoms with Crippen molar-refractivity contribution < 1.29 is 0 Å². The molecule has 0 amide bonds. The predicted molar refractivity (Wildman–Crippen MR) is 91.7 cm³/mol. The van der Waals surface area contributed by atoms with E-state index < -0.39 is 0 Å². The van der Waals surface area contributed by atoms with E-state index in [1.165, 1.54) is 11.1 Å². The van der Waals surface area contributed by atoms with Gasteiger partial charge in [0.1, 0.15) is 6.33 Å². The second-order valence-corrected chi connectivity index (χ2v) is 5.64. The first-order valence-corrected chi connectivity index (χ1v) is 7.69. The Kier molecular flexibility index (Phi) is 3.38. The lowest BCUT2D eigenvalue weighted by Gasteiger charge is -2.09. The zero-order valence-electron chi connectivity index (χ0n) is 12.9. The molecule has 2 heterocycles. The second kappa shape index (κ2) is 5.68. The van der Waals surface area contributed by atoms with Gasteiger partial charge in [-0.15, -0.1) is 10.2 Å². The van der Waals surface area contributed by atoms with Crippen LogP contribution in [0, 0.1) is 6.92 Å². The molecule has 5 nitrogen and oxygen atoms in total. The number of fused-ring (bicyclic) bond motifs is 3. The molecule has 0 aliphatic heterocycles. The molecule has 2 aromatic heterocycles. The van der Waals surface area contributed by atoms with E-state index >= 15 is 0 Å². The third-order valence-electron chi connectivity index (χ3n) is 3.92. The molecule has 0 saturated heterocycles. The quantitative estimate of drug-likeness (QED) is 0.629. The Balaban J connectivity index is 1.61. The van der Waals surface area contributed by atoms with Gasteiger partial charge >= 0.3 is 0 Å². The van der Waals surface area contributed by atoms with Crippen LogP contribution >= 0.6 is 0 Å². The van der Waals surface area contributed by atoms with Crippen LogP contribution in [0.1, 0.15) is 11.1 Å². The van der Waals surface area contributed by atoms with Gasteiger partial charge in [-0.2, -0.15) is 0 Å². The molecule has 23 heavy (non-hydrogen) atoms. The molecule has 2 aromatic carbocycles. The van der Waals surface area contributed by atoms with Gasteiger partial charge in [0.15, 0.2) is 5.82 Å². The number of aryl methyl sites for hydroxylation is 1. The van der Waals surface area contributed by atoms with Crippen molar-refractivity contribution >= 4 is 22.5 Å². The van der Waals surface area contributed by atoms with Gasteiger partial charge in [0.2, 0.25) is 5.65 Å². The van der Waals surface area contributed by atoms with Crippen molar-refractivity contribution in [2.24, 2.45) is 0 Å². The van der Waals surface area contributed by atoms with Gasteiger partial charge in [-0.05, 0) is 31.0 Å². The fourth-order valence-electron chi connectivity index (χ4n) is 2.82. The number of hydrogen-bond acceptors (Lipinski definition) is 4. The fraction of sp³-hybridized carbons (Fsp3) is 0.167. The molecule has 4 rings (SSSR count). The molecular formula is C18H17N5. The third-order valence-corrected chi connectivity index (χ3v) is 3.92. The highest BCUT2D eigenvalue weighted by atomic mass is 15.3. The first-order valence-electron chi connectivity index (χ1n) is 7.69. The van der Waals surface area contributed by atoms with Gasteiger partial charge in [-0.1, -0.05) is 42.0 Å². The first-order chi connectivity index (χ1) is 11.3. The van der Waals surface area contributed by atoms with Crippen molar-refractivity contribution in [2.45, 2.75) is 13.3 Å². The zero-order chi connectivity index (χ0) is 15.6. The predicted octanol–water partition coefficient (Wildman–Crippen LogP) is 3.24. The Morgan fingerprint density at radius 1 is 1.09 bits per heavy atom. The third kappa shape index (κ3) is 2.61. The Hall–Kier alpha value is -2.95. The number of nitrogens with zero attached hydrogens (tertiary/aromatic N) is 4. The monoisotopic (exact) mass is 303 g/mol. The molecule has 5 heteroatoms. The van der Waals surface area contributed by atoms with E-state index in [4.69, 9.17) is 0 Å². The maximum Gasteiger partial charge on any atom is 0.203 e. The molecule has 0 bridgehead atoms. The zero-order valence-corrected chi connectivity index (χ0v) is 12.9. The summed E-state index contributed by atoms with van der Waals surface area (Å²) in [4.78, 5) is 4.69. The molecule has 0 atom stereocenters. The largest absolute Gasteiger partial charge is 0.367 e. The molecule has 0 saturated carbocycles. The molecule has 0 unspecified atom stereocenters. The van der Waals surface area contributed by atoms with Crippen molar-refractivity contribution in [1.29, 1.82) is 0 Å². The van der Waals surface area contributed by atoms with E-state index in [1.54, 1.807) is 6.33 Å². The van der Waals surface area contributed by atoms with Gasteiger partial charge in [0.25, 0.3) is 0 Å². The topological polar surface area (TPSA) is 55.1 Å². The van der Waals surface area contributed by atoms with Crippen LogP contribution in [-0.4, -0.2) is 26.1 Å². The van der Waals surface area contributed by atoms with Crippen molar-refractivity contribution in [1.82, 2.24) is 19.6 Å². The fourth-order valence-corrected chi connectivity index (χ4v) is 2.82. The second-order valence-electron chi connectivity index (χ2n) is 5.64. The lowest BCUT2D eigenvalue weighted by atomic mass is 10.1. The maximum atomic E-state index is 4.69. The van der Waals surface area contributed by atoms with Crippen LogP contribution < -0.4 is 5.32 Å². The minimum absolute atomic E-state index is 0.757. The van der Waals surface area contributed by atoms with E-state index in [-0.39, 0.29) is 0 Å². The lowest BCUT2D eigenvalue weighted by molar-refractivity contribution is 1.00. The summed E-state index contributed by atoms with van der Waals surface area (Å²) in [5, 5.41) is 11.6. The van der Waals surface area contributed by atoms with Crippen molar-refractivity contribution in [3.05, 3.63) is 66.0 Å². The summed E-state index contributed by atoms with van der Waals surface area (Å²) in [5.74, 6) is 0.772. The highest BCUT2D eigenvalue weighted by molar-refractivity contribution is 5.82. The Labute approximate surface area is 134 Å². The summed E-state index contributed by atoms with van der Waals surface area (Å²) in [5.41, 5.74) is 5.30. The van der Waals surface area contributed by atoms with Crippen molar-refractivity contribution in [3.63, 3.8) is 0 Å². The molecule has 0 aliphatic rings. The van der Waals surface area contributed by atoms with E-state index in [1.807, 2.05) is 28.7 Å². The van der Waals surface area contributed by atoms with Crippen LogP contribution in [0.5, 0.6) is 0 Å². The standard InChI is InChI=1S/C18H17N5/c1-13-5-4-6-14(11-13)9-10-19-17-18-22-20-12-23(18)16-8-3-2-7-15(16)21-17/h2-8,11-12H,9-10H2,1H3,(H,19,21). The van der Waals surface area contributed by atoms with Gasteiger partial charge in [0, 0.05) is 6.54 Å². The van der Waals surface area contributed by atoms with E-state index in [0.29, 0.717) is 0 Å². The molecule has 0 fully saturated rings. The van der Waals surface area contributed by atoms with Crippen molar-refractivity contribution in [3.8, 4) is 0 Å². The van der Waals surface area contributed by atoms with Crippen LogP contribution in [0.15, 0.2) is 54.9 Å². The minimum atomic E-state index is 0.757. The maximum absolute atomic E-state index is 4.69. The number of rotatable bonds is 4. The Morgan fingerprint density at radius 2 is 2.00 bits per heavy atom. The summed E-state index contributed by atoms with van der Waals surface area (Å²) >= 11 is 0. The van der Waals surface area contributed by atoms with Gasteiger partial charge in [-0.25, -0.2) is 4.98 Å². The van der Waals surface area contributed by atoms with Crippen LogP contribution in [0.2, 0.25) is 0 Å².